The number of aryl methyl sites for hydroxylation is 2. The second-order valence-electron chi connectivity index (χ2n) is 5.29. The number of carbonyl (C=O) groups excluding carboxylic acids is 1. The van der Waals surface area contributed by atoms with Crippen molar-refractivity contribution in [3.05, 3.63) is 50.8 Å². The third-order valence-corrected chi connectivity index (χ3v) is 5.17. The Bertz CT molecular complexity index is 684. The van der Waals surface area contributed by atoms with Crippen LogP contribution < -0.4 is 0 Å². The number of hydrogen-bond acceptors (Lipinski definition) is 4. The molecular weight excluding hydrogens is 355 g/mol. The summed E-state index contributed by atoms with van der Waals surface area (Å²) in [7, 11) is 1.78. The number of hydrogen-bond donors (Lipinski definition) is 0. The van der Waals surface area contributed by atoms with Gasteiger partial charge in [0.1, 0.15) is 5.76 Å². The number of benzene rings is 1. The van der Waals surface area contributed by atoms with Crippen molar-refractivity contribution < 1.29 is 9.32 Å². The molecule has 0 fully saturated rings. The van der Waals surface area contributed by atoms with Gasteiger partial charge in [-0.15, -0.1) is 11.8 Å². The van der Waals surface area contributed by atoms with E-state index >= 15 is 0 Å². The molecular formula is C16H18Cl2N2O2S. The van der Waals surface area contributed by atoms with Crippen molar-refractivity contribution in [1.29, 1.82) is 0 Å². The van der Waals surface area contributed by atoms with Crippen molar-refractivity contribution in [2.45, 2.75) is 26.1 Å². The Kier molecular flexibility index (Phi) is 6.39. The van der Waals surface area contributed by atoms with Crippen LogP contribution in [0.1, 0.15) is 22.6 Å². The minimum Gasteiger partial charge on any atom is -0.361 e. The van der Waals surface area contributed by atoms with Crippen LogP contribution in [0.2, 0.25) is 10.0 Å². The molecule has 1 amide bonds. The molecule has 7 heteroatoms. The monoisotopic (exact) mass is 372 g/mol. The van der Waals surface area contributed by atoms with Crippen molar-refractivity contribution in [1.82, 2.24) is 10.1 Å². The summed E-state index contributed by atoms with van der Waals surface area (Å²) in [6, 6.07) is 5.39. The highest BCUT2D eigenvalue weighted by molar-refractivity contribution is 7.99. The molecule has 2 rings (SSSR count). The SMILES string of the molecule is Cc1noc(C)c1CSCC(=O)N(C)Cc1ccc(Cl)c(Cl)c1. The van der Waals surface area contributed by atoms with E-state index < -0.39 is 0 Å². The number of rotatable bonds is 6. The average molecular weight is 373 g/mol. The molecule has 0 radical (unpaired) electrons. The molecule has 0 bridgehead atoms. The third kappa shape index (κ3) is 4.90. The average Bonchev–Trinajstić information content (AvgIpc) is 2.82. The summed E-state index contributed by atoms with van der Waals surface area (Å²) < 4.78 is 5.12. The van der Waals surface area contributed by atoms with Crippen LogP contribution in [0.4, 0.5) is 0 Å². The van der Waals surface area contributed by atoms with Crippen molar-refractivity contribution in [2.24, 2.45) is 0 Å². The normalized spacial score (nSPS) is 10.8. The van der Waals surface area contributed by atoms with Crippen LogP contribution in [0.25, 0.3) is 0 Å². The lowest BCUT2D eigenvalue weighted by Gasteiger charge is -2.17. The first-order chi connectivity index (χ1) is 10.9. The fourth-order valence-electron chi connectivity index (χ4n) is 2.06. The second kappa shape index (κ2) is 8.08. The maximum atomic E-state index is 12.2. The van der Waals surface area contributed by atoms with E-state index in [-0.39, 0.29) is 5.91 Å². The first kappa shape index (κ1) is 18.2. The van der Waals surface area contributed by atoms with Gasteiger partial charge >= 0.3 is 0 Å². The van der Waals surface area contributed by atoms with E-state index in [9.17, 15) is 4.79 Å². The molecule has 4 nitrogen and oxygen atoms in total. The summed E-state index contributed by atoms with van der Waals surface area (Å²) in [6.45, 7) is 4.29. The first-order valence-corrected chi connectivity index (χ1v) is 8.97. The Labute approximate surface area is 150 Å². The minimum atomic E-state index is 0.0628. The van der Waals surface area contributed by atoms with Gasteiger partial charge in [0.25, 0.3) is 0 Å². The van der Waals surface area contributed by atoms with Gasteiger partial charge in [0.05, 0.1) is 21.5 Å². The predicted molar refractivity (Wildman–Crippen MR) is 95.1 cm³/mol. The largest absolute Gasteiger partial charge is 0.361 e. The van der Waals surface area contributed by atoms with Gasteiger partial charge in [-0.1, -0.05) is 34.4 Å². The molecule has 1 aromatic carbocycles. The fourth-order valence-corrected chi connectivity index (χ4v) is 3.49. The molecule has 0 saturated carbocycles. The Hall–Kier alpha value is -1.17. The summed E-state index contributed by atoms with van der Waals surface area (Å²) in [5, 5.41) is 4.92. The Balaban J connectivity index is 1.84. The number of carbonyl (C=O) groups is 1. The summed E-state index contributed by atoms with van der Waals surface area (Å²) in [5.74, 6) is 1.99. The third-order valence-electron chi connectivity index (χ3n) is 3.48. The molecule has 0 atom stereocenters. The van der Waals surface area contributed by atoms with Gasteiger partial charge in [-0.2, -0.15) is 0 Å². The lowest BCUT2D eigenvalue weighted by molar-refractivity contribution is -0.127. The van der Waals surface area contributed by atoms with Crippen molar-refractivity contribution in [3.63, 3.8) is 0 Å². The number of nitrogens with zero attached hydrogens (tertiary/aromatic N) is 2. The Morgan fingerprint density at radius 2 is 2.04 bits per heavy atom. The van der Waals surface area contributed by atoms with Crippen LogP contribution in [0.3, 0.4) is 0 Å². The summed E-state index contributed by atoms with van der Waals surface area (Å²) in [4.78, 5) is 13.9. The van der Waals surface area contributed by atoms with E-state index in [1.807, 2.05) is 19.9 Å². The summed E-state index contributed by atoms with van der Waals surface area (Å²) >= 11 is 13.4. The molecule has 2 aromatic rings. The van der Waals surface area contributed by atoms with Gasteiger partial charge in [0, 0.05) is 24.9 Å². The highest BCUT2D eigenvalue weighted by Gasteiger charge is 2.13. The highest BCUT2D eigenvalue weighted by atomic mass is 35.5. The number of halogens is 2. The van der Waals surface area contributed by atoms with E-state index in [1.165, 1.54) is 0 Å². The van der Waals surface area contributed by atoms with Gasteiger partial charge in [0.15, 0.2) is 0 Å². The van der Waals surface area contributed by atoms with Gasteiger partial charge in [-0.05, 0) is 31.5 Å². The smallest absolute Gasteiger partial charge is 0.232 e. The Morgan fingerprint density at radius 3 is 2.65 bits per heavy atom. The van der Waals surface area contributed by atoms with Crippen LogP contribution in [0.5, 0.6) is 0 Å². The maximum Gasteiger partial charge on any atom is 0.232 e. The lowest BCUT2D eigenvalue weighted by Crippen LogP contribution is -2.27. The van der Waals surface area contributed by atoms with E-state index in [0.29, 0.717) is 28.1 Å². The standard InChI is InChI=1S/C16H18Cl2N2O2S/c1-10-13(11(2)22-19-10)8-23-9-16(21)20(3)7-12-4-5-14(17)15(18)6-12/h4-6H,7-9H2,1-3H3. The molecule has 0 aliphatic rings. The quantitative estimate of drug-likeness (QED) is 0.749. The van der Waals surface area contributed by atoms with E-state index in [4.69, 9.17) is 27.7 Å². The second-order valence-corrected chi connectivity index (χ2v) is 7.09. The van der Waals surface area contributed by atoms with Crippen LogP contribution in [0.15, 0.2) is 22.7 Å². The van der Waals surface area contributed by atoms with E-state index in [1.54, 1.807) is 35.8 Å². The van der Waals surface area contributed by atoms with Crippen LogP contribution in [0, 0.1) is 13.8 Å². The topological polar surface area (TPSA) is 46.3 Å². The van der Waals surface area contributed by atoms with Crippen LogP contribution >= 0.6 is 35.0 Å². The van der Waals surface area contributed by atoms with Crippen LogP contribution in [-0.2, 0) is 17.1 Å². The van der Waals surface area contributed by atoms with Gasteiger partial charge < -0.3 is 9.42 Å². The van der Waals surface area contributed by atoms with Crippen molar-refractivity contribution in [2.75, 3.05) is 12.8 Å². The molecule has 0 aliphatic heterocycles. The zero-order valence-corrected chi connectivity index (χ0v) is 15.6. The zero-order chi connectivity index (χ0) is 17.0. The Morgan fingerprint density at radius 1 is 1.30 bits per heavy atom. The van der Waals surface area contributed by atoms with Crippen LogP contribution in [-0.4, -0.2) is 28.8 Å². The predicted octanol–water partition coefficient (Wildman–Crippen LogP) is 4.49. The molecule has 1 heterocycles. The number of thioether (sulfide) groups is 1. The van der Waals surface area contributed by atoms with Gasteiger partial charge in [-0.25, -0.2) is 0 Å². The molecule has 0 saturated heterocycles. The van der Waals surface area contributed by atoms with E-state index in [0.717, 1.165) is 22.6 Å². The molecule has 0 spiro atoms. The van der Waals surface area contributed by atoms with Gasteiger partial charge in [0.2, 0.25) is 5.91 Å². The maximum absolute atomic E-state index is 12.2. The van der Waals surface area contributed by atoms with Crippen molar-refractivity contribution >= 4 is 40.9 Å². The summed E-state index contributed by atoms with van der Waals surface area (Å²) in [6.07, 6.45) is 0. The molecule has 0 aliphatic carbocycles. The summed E-state index contributed by atoms with van der Waals surface area (Å²) in [5.41, 5.74) is 2.90. The van der Waals surface area contributed by atoms with Crippen molar-refractivity contribution in [3.8, 4) is 0 Å². The van der Waals surface area contributed by atoms with E-state index in [2.05, 4.69) is 5.16 Å². The molecule has 0 unspecified atom stereocenters. The minimum absolute atomic E-state index is 0.0628. The number of amides is 1. The highest BCUT2D eigenvalue weighted by Crippen LogP contribution is 2.23. The molecule has 1 aromatic heterocycles. The fraction of sp³-hybridized carbons (Fsp3) is 0.375. The number of aromatic nitrogens is 1. The molecule has 124 valence electrons. The molecule has 23 heavy (non-hydrogen) atoms. The zero-order valence-electron chi connectivity index (χ0n) is 13.2. The van der Waals surface area contributed by atoms with Gasteiger partial charge in [-0.3, -0.25) is 4.79 Å². The lowest BCUT2D eigenvalue weighted by atomic mass is 10.2. The molecule has 0 N–H and O–H groups in total. The first-order valence-electron chi connectivity index (χ1n) is 7.06.